The minimum Gasteiger partial charge on any atom is -0.338 e. The number of likely N-dealkylation sites (tertiary alicyclic amines) is 2. The van der Waals surface area contributed by atoms with Gasteiger partial charge in [0.1, 0.15) is 0 Å². The third kappa shape index (κ3) is 3.80. The maximum absolute atomic E-state index is 12.8. The molecule has 0 unspecified atom stereocenters. The fourth-order valence-corrected chi connectivity index (χ4v) is 4.29. The van der Waals surface area contributed by atoms with Crippen LogP contribution >= 0.6 is 0 Å². The number of rotatable bonds is 3. The summed E-state index contributed by atoms with van der Waals surface area (Å²) in [7, 11) is 0. The van der Waals surface area contributed by atoms with Gasteiger partial charge in [-0.05, 0) is 44.1 Å². The molecule has 0 aromatic heterocycles. The summed E-state index contributed by atoms with van der Waals surface area (Å²) in [5, 5.41) is 0. The van der Waals surface area contributed by atoms with E-state index in [1.165, 1.54) is 5.56 Å². The van der Waals surface area contributed by atoms with Gasteiger partial charge in [0.25, 0.3) is 0 Å². The third-order valence-electron chi connectivity index (χ3n) is 5.49. The van der Waals surface area contributed by atoms with Gasteiger partial charge in [-0.2, -0.15) is 0 Å². The zero-order valence-corrected chi connectivity index (χ0v) is 14.6. The molecule has 0 bridgehead atoms. The van der Waals surface area contributed by atoms with Crippen LogP contribution in [0.3, 0.4) is 0 Å². The summed E-state index contributed by atoms with van der Waals surface area (Å²) < 4.78 is 0. The van der Waals surface area contributed by atoms with E-state index < -0.39 is 0 Å². The summed E-state index contributed by atoms with van der Waals surface area (Å²) in [6, 6.07) is 10.6. The predicted octanol–water partition coefficient (Wildman–Crippen LogP) is 3.01. The molecule has 2 aliphatic heterocycles. The molecule has 0 aliphatic carbocycles. The van der Waals surface area contributed by atoms with Crippen LogP contribution < -0.4 is 0 Å². The number of carbonyl (C=O) groups is 2. The van der Waals surface area contributed by atoms with E-state index in [1.807, 2.05) is 23.1 Å². The van der Waals surface area contributed by atoms with E-state index in [4.69, 9.17) is 0 Å². The minimum absolute atomic E-state index is 0.158. The molecule has 3 rings (SSSR count). The van der Waals surface area contributed by atoms with Crippen LogP contribution in [0, 0.1) is 0 Å². The van der Waals surface area contributed by atoms with Crippen molar-refractivity contribution in [1.82, 2.24) is 9.80 Å². The molecule has 1 aromatic rings. The van der Waals surface area contributed by atoms with E-state index in [-0.39, 0.29) is 23.9 Å². The van der Waals surface area contributed by atoms with E-state index in [2.05, 4.69) is 17.0 Å². The smallest absolute Gasteiger partial charge is 0.223 e. The normalized spacial score (nSPS) is 24.2. The molecule has 2 atom stereocenters. The molecule has 4 heteroatoms. The lowest BCUT2D eigenvalue weighted by molar-refractivity contribution is -0.142. The second kappa shape index (κ2) is 7.82. The number of benzene rings is 1. The van der Waals surface area contributed by atoms with Crippen molar-refractivity contribution in [2.45, 2.75) is 64.0 Å². The van der Waals surface area contributed by atoms with Crippen molar-refractivity contribution in [3.63, 3.8) is 0 Å². The van der Waals surface area contributed by atoms with Gasteiger partial charge in [-0.1, -0.05) is 30.3 Å². The van der Waals surface area contributed by atoms with Crippen LogP contribution in [0.4, 0.5) is 0 Å². The Bertz CT molecular complexity index is 572. The quantitative estimate of drug-likeness (QED) is 0.856. The molecule has 0 N–H and O–H groups in total. The highest BCUT2D eigenvalue weighted by molar-refractivity contribution is 5.77. The van der Waals surface area contributed by atoms with Crippen LogP contribution in [0.2, 0.25) is 0 Å². The van der Waals surface area contributed by atoms with E-state index >= 15 is 0 Å². The monoisotopic (exact) mass is 328 g/mol. The molecule has 130 valence electrons. The number of carbonyl (C=O) groups excluding carboxylic acids is 2. The number of fused-ring (bicyclic) bond motifs is 1. The molecular formula is C20H28N2O2. The lowest BCUT2D eigenvalue weighted by atomic mass is 9.91. The molecule has 0 spiro atoms. The van der Waals surface area contributed by atoms with E-state index in [0.717, 1.165) is 51.6 Å². The van der Waals surface area contributed by atoms with Gasteiger partial charge in [0.2, 0.25) is 11.8 Å². The number of hydrogen-bond acceptors (Lipinski definition) is 2. The topological polar surface area (TPSA) is 40.6 Å². The summed E-state index contributed by atoms with van der Waals surface area (Å²) >= 11 is 0. The molecule has 2 fully saturated rings. The maximum Gasteiger partial charge on any atom is 0.223 e. The molecule has 24 heavy (non-hydrogen) atoms. The van der Waals surface area contributed by atoms with Crippen LogP contribution in [0.25, 0.3) is 0 Å². The van der Waals surface area contributed by atoms with Crippen LogP contribution in [0.1, 0.15) is 51.0 Å². The first kappa shape index (κ1) is 17.0. The number of amides is 2. The van der Waals surface area contributed by atoms with Crippen LogP contribution in [-0.4, -0.2) is 46.8 Å². The number of aryl methyl sites for hydroxylation is 1. The Kier molecular flexibility index (Phi) is 5.54. The first-order chi connectivity index (χ1) is 11.7. The highest BCUT2D eigenvalue weighted by atomic mass is 16.2. The summed E-state index contributed by atoms with van der Waals surface area (Å²) in [6.45, 7) is 3.36. The van der Waals surface area contributed by atoms with Gasteiger partial charge in [-0.3, -0.25) is 9.59 Å². The van der Waals surface area contributed by atoms with Crippen LogP contribution in [-0.2, 0) is 16.0 Å². The summed E-state index contributed by atoms with van der Waals surface area (Å²) in [6.07, 6.45) is 6.59. The van der Waals surface area contributed by atoms with Crippen molar-refractivity contribution in [2.24, 2.45) is 0 Å². The van der Waals surface area contributed by atoms with Crippen molar-refractivity contribution in [3.05, 3.63) is 35.9 Å². The highest BCUT2D eigenvalue weighted by Gasteiger charge is 2.39. The minimum atomic E-state index is 0.158. The van der Waals surface area contributed by atoms with E-state index in [9.17, 15) is 9.59 Å². The lowest BCUT2D eigenvalue weighted by Crippen LogP contribution is -2.57. The third-order valence-corrected chi connectivity index (χ3v) is 5.49. The summed E-state index contributed by atoms with van der Waals surface area (Å²) in [4.78, 5) is 29.0. The van der Waals surface area contributed by atoms with Crippen LogP contribution in [0.15, 0.2) is 30.3 Å². The molecule has 2 heterocycles. The molecule has 4 nitrogen and oxygen atoms in total. The van der Waals surface area contributed by atoms with Gasteiger partial charge < -0.3 is 9.80 Å². The molecule has 2 amide bonds. The maximum atomic E-state index is 12.8. The first-order valence-corrected chi connectivity index (χ1v) is 9.27. The standard InChI is InChI=1S/C20H28N2O2/c1-16(23)21-14-6-5-10-19-18(21)11-7-15-22(19)20(24)13-12-17-8-3-2-4-9-17/h2-4,8-9,18-19H,5-7,10-15H2,1H3/t18-,19-/m1/s1. The first-order valence-electron chi connectivity index (χ1n) is 9.27. The molecular weight excluding hydrogens is 300 g/mol. The van der Waals surface area contributed by atoms with Gasteiger partial charge in [0.15, 0.2) is 0 Å². The Balaban J connectivity index is 1.67. The van der Waals surface area contributed by atoms with Crippen LogP contribution in [0.5, 0.6) is 0 Å². The zero-order valence-electron chi connectivity index (χ0n) is 14.6. The van der Waals surface area contributed by atoms with E-state index in [1.54, 1.807) is 6.92 Å². The molecule has 0 saturated carbocycles. The molecule has 2 saturated heterocycles. The Morgan fingerprint density at radius 1 is 0.958 bits per heavy atom. The van der Waals surface area contributed by atoms with Crippen molar-refractivity contribution < 1.29 is 9.59 Å². The average molecular weight is 328 g/mol. The van der Waals surface area contributed by atoms with Gasteiger partial charge in [0, 0.05) is 26.4 Å². The summed E-state index contributed by atoms with van der Waals surface area (Å²) in [5.41, 5.74) is 1.21. The molecule has 0 radical (unpaired) electrons. The van der Waals surface area contributed by atoms with Gasteiger partial charge in [-0.25, -0.2) is 0 Å². The lowest BCUT2D eigenvalue weighted by Gasteiger charge is -2.44. The van der Waals surface area contributed by atoms with Crippen molar-refractivity contribution in [1.29, 1.82) is 0 Å². The fraction of sp³-hybridized carbons (Fsp3) is 0.600. The average Bonchev–Trinajstić information content (AvgIpc) is 2.83. The van der Waals surface area contributed by atoms with E-state index in [0.29, 0.717) is 6.42 Å². The van der Waals surface area contributed by atoms with Crippen molar-refractivity contribution in [2.75, 3.05) is 13.1 Å². The Labute approximate surface area is 144 Å². The largest absolute Gasteiger partial charge is 0.338 e. The highest BCUT2D eigenvalue weighted by Crippen LogP contribution is 2.30. The van der Waals surface area contributed by atoms with Gasteiger partial charge in [0.05, 0.1) is 12.1 Å². The van der Waals surface area contributed by atoms with Crippen molar-refractivity contribution >= 4 is 11.8 Å². The Morgan fingerprint density at radius 2 is 1.62 bits per heavy atom. The van der Waals surface area contributed by atoms with Gasteiger partial charge >= 0.3 is 0 Å². The second-order valence-electron chi connectivity index (χ2n) is 7.06. The van der Waals surface area contributed by atoms with Crippen molar-refractivity contribution in [3.8, 4) is 0 Å². The molecule has 1 aromatic carbocycles. The number of nitrogens with zero attached hydrogens (tertiary/aromatic N) is 2. The number of hydrogen-bond donors (Lipinski definition) is 0. The molecule has 2 aliphatic rings. The SMILES string of the molecule is CC(=O)N1CCCC[C@@H]2[C@H]1CCCN2C(=O)CCc1ccccc1. The number of piperidine rings is 1. The Hall–Kier alpha value is -1.84. The summed E-state index contributed by atoms with van der Waals surface area (Å²) in [5.74, 6) is 0.407. The zero-order chi connectivity index (χ0) is 16.9. The Morgan fingerprint density at radius 3 is 2.38 bits per heavy atom. The second-order valence-corrected chi connectivity index (χ2v) is 7.06. The van der Waals surface area contributed by atoms with Gasteiger partial charge in [-0.15, -0.1) is 0 Å². The predicted molar refractivity (Wildman–Crippen MR) is 94.5 cm³/mol. The fourth-order valence-electron chi connectivity index (χ4n) is 4.29.